The van der Waals surface area contributed by atoms with Crippen molar-refractivity contribution in [2.24, 2.45) is 0 Å². The number of nitrogens with one attached hydrogen (secondary N) is 2. The second-order valence-electron chi connectivity index (χ2n) is 6.66. The molecule has 2 aromatic carbocycles. The second kappa shape index (κ2) is 6.98. The van der Waals surface area contributed by atoms with E-state index in [1.54, 1.807) is 0 Å². The fourth-order valence-corrected chi connectivity index (χ4v) is 3.62. The summed E-state index contributed by atoms with van der Waals surface area (Å²) in [4.78, 5) is 15.5. The lowest BCUT2D eigenvalue weighted by Crippen LogP contribution is -2.23. The van der Waals surface area contributed by atoms with E-state index in [0.29, 0.717) is 18.6 Å². The molecule has 0 aliphatic heterocycles. The van der Waals surface area contributed by atoms with Gasteiger partial charge in [-0.2, -0.15) is 0 Å². The van der Waals surface area contributed by atoms with Gasteiger partial charge in [-0.15, -0.1) is 0 Å². The molecule has 1 unspecified atom stereocenters. The maximum absolute atomic E-state index is 12.1. The summed E-state index contributed by atoms with van der Waals surface area (Å²) in [5.74, 6) is 0.504. The molecular weight excluding hydrogens is 308 g/mol. The molecule has 1 atom stereocenters. The Morgan fingerprint density at radius 1 is 1.04 bits per heavy atom. The summed E-state index contributed by atoms with van der Waals surface area (Å²) in [6, 6.07) is 18.6. The lowest BCUT2D eigenvalue weighted by atomic mass is 9.87. The number of carbonyl (C=O) groups is 1. The number of aromatic amines is 1. The van der Waals surface area contributed by atoms with Crippen molar-refractivity contribution in [3.8, 4) is 0 Å². The fourth-order valence-electron chi connectivity index (χ4n) is 3.62. The number of hydrogen-bond donors (Lipinski definition) is 2. The minimum atomic E-state index is 0.193. The molecule has 3 aromatic rings. The third-order valence-corrected chi connectivity index (χ3v) is 4.89. The quantitative estimate of drug-likeness (QED) is 0.731. The van der Waals surface area contributed by atoms with Gasteiger partial charge in [0.05, 0.1) is 0 Å². The van der Waals surface area contributed by atoms with E-state index in [4.69, 9.17) is 0 Å². The molecule has 0 fully saturated rings. The zero-order valence-electron chi connectivity index (χ0n) is 14.2. The van der Waals surface area contributed by atoms with Gasteiger partial charge in [0.1, 0.15) is 5.78 Å². The van der Waals surface area contributed by atoms with Crippen LogP contribution in [0.15, 0.2) is 72.6 Å². The highest BCUT2D eigenvalue weighted by Crippen LogP contribution is 2.28. The summed E-state index contributed by atoms with van der Waals surface area (Å²) in [6.07, 6.45) is 6.38. The smallest absolute Gasteiger partial charge is 0.139 e. The van der Waals surface area contributed by atoms with Gasteiger partial charge >= 0.3 is 0 Å². The molecule has 2 N–H and O–H groups in total. The highest BCUT2D eigenvalue weighted by molar-refractivity contribution is 5.84. The maximum Gasteiger partial charge on any atom is 0.139 e. The average molecular weight is 330 g/mol. The number of rotatable bonds is 5. The highest BCUT2D eigenvalue weighted by Gasteiger charge is 2.21. The van der Waals surface area contributed by atoms with Gasteiger partial charge in [-0.05, 0) is 23.6 Å². The van der Waals surface area contributed by atoms with Crippen LogP contribution in [-0.4, -0.2) is 17.3 Å². The molecule has 0 saturated carbocycles. The molecule has 3 heteroatoms. The van der Waals surface area contributed by atoms with Gasteiger partial charge < -0.3 is 10.3 Å². The molecule has 4 rings (SSSR count). The van der Waals surface area contributed by atoms with Gasteiger partial charge in [-0.1, -0.05) is 54.6 Å². The third kappa shape index (κ3) is 3.50. The van der Waals surface area contributed by atoms with Crippen LogP contribution in [0, 0.1) is 0 Å². The predicted octanol–water partition coefficient (Wildman–Crippen LogP) is 4.33. The molecule has 0 spiro atoms. The van der Waals surface area contributed by atoms with E-state index >= 15 is 0 Å². The Morgan fingerprint density at radius 2 is 1.84 bits per heavy atom. The maximum atomic E-state index is 12.1. The monoisotopic (exact) mass is 330 g/mol. The highest BCUT2D eigenvalue weighted by atomic mass is 16.1. The predicted molar refractivity (Wildman–Crippen MR) is 102 cm³/mol. The number of fused-ring (bicyclic) bond motifs is 1. The van der Waals surface area contributed by atoms with Crippen molar-refractivity contribution in [3.63, 3.8) is 0 Å². The van der Waals surface area contributed by atoms with Crippen molar-refractivity contribution in [1.29, 1.82) is 0 Å². The van der Waals surface area contributed by atoms with Crippen molar-refractivity contribution < 1.29 is 4.79 Å². The zero-order valence-corrected chi connectivity index (χ0v) is 14.2. The summed E-state index contributed by atoms with van der Waals surface area (Å²) >= 11 is 0. The number of H-pyrrole nitrogens is 1. The van der Waals surface area contributed by atoms with Gasteiger partial charge in [0.15, 0.2) is 0 Å². The number of para-hydroxylation sites is 1. The standard InChI is InChI=1S/C22H22N2O/c25-20-13-18(16-6-2-1-3-7-16)12-19(14-20)23-11-10-17-15-24-22-9-5-4-8-21(17)22/h1-9,12,15,18,23-24H,10-11,13-14H2. The van der Waals surface area contributed by atoms with Crippen LogP contribution in [-0.2, 0) is 11.2 Å². The van der Waals surface area contributed by atoms with Crippen LogP contribution in [0.3, 0.4) is 0 Å². The molecule has 1 aliphatic carbocycles. The molecular formula is C22H22N2O. The van der Waals surface area contributed by atoms with Crippen LogP contribution >= 0.6 is 0 Å². The number of benzene rings is 2. The van der Waals surface area contributed by atoms with Crippen molar-refractivity contribution in [1.82, 2.24) is 10.3 Å². The molecule has 3 nitrogen and oxygen atoms in total. The first-order chi connectivity index (χ1) is 12.3. The number of allylic oxidation sites excluding steroid dienone is 2. The first-order valence-corrected chi connectivity index (χ1v) is 8.86. The van der Waals surface area contributed by atoms with E-state index < -0.39 is 0 Å². The Kier molecular flexibility index (Phi) is 4.38. The lowest BCUT2D eigenvalue weighted by Gasteiger charge is -2.21. The molecule has 0 amide bonds. The summed E-state index contributed by atoms with van der Waals surface area (Å²) in [6.45, 7) is 0.836. The van der Waals surface area contributed by atoms with E-state index in [-0.39, 0.29) is 5.92 Å². The Hall–Kier alpha value is -2.81. The van der Waals surface area contributed by atoms with E-state index in [9.17, 15) is 4.79 Å². The molecule has 0 saturated heterocycles. The van der Waals surface area contributed by atoms with Crippen molar-refractivity contribution in [3.05, 3.63) is 83.7 Å². The van der Waals surface area contributed by atoms with Crippen LogP contribution in [0.1, 0.15) is 29.9 Å². The van der Waals surface area contributed by atoms with Crippen LogP contribution in [0.4, 0.5) is 0 Å². The molecule has 1 aliphatic rings. The summed E-state index contributed by atoms with van der Waals surface area (Å²) in [7, 11) is 0. The third-order valence-electron chi connectivity index (χ3n) is 4.89. The Morgan fingerprint density at radius 3 is 2.72 bits per heavy atom. The molecule has 25 heavy (non-hydrogen) atoms. The molecule has 0 bridgehead atoms. The van der Waals surface area contributed by atoms with Gasteiger partial charge in [0.2, 0.25) is 0 Å². The number of hydrogen-bond acceptors (Lipinski definition) is 2. The SMILES string of the molecule is O=C1CC(NCCc2c[nH]c3ccccc23)=CC(c2ccccc2)C1. The topological polar surface area (TPSA) is 44.9 Å². The lowest BCUT2D eigenvalue weighted by molar-refractivity contribution is -0.119. The Labute approximate surface area is 147 Å². The fraction of sp³-hybridized carbons (Fsp3) is 0.227. The molecule has 126 valence electrons. The number of carbonyl (C=O) groups excluding carboxylic acids is 1. The second-order valence-corrected chi connectivity index (χ2v) is 6.66. The van der Waals surface area contributed by atoms with Gasteiger partial charge in [-0.3, -0.25) is 4.79 Å². The van der Waals surface area contributed by atoms with E-state index in [1.165, 1.54) is 22.0 Å². The van der Waals surface area contributed by atoms with E-state index in [0.717, 1.165) is 18.7 Å². The number of ketones is 1. The Bertz CT molecular complexity index is 908. The zero-order chi connectivity index (χ0) is 17.1. The van der Waals surface area contributed by atoms with Crippen LogP contribution in [0.5, 0.6) is 0 Å². The average Bonchev–Trinajstić information content (AvgIpc) is 3.05. The normalized spacial score (nSPS) is 17.5. The summed E-state index contributed by atoms with van der Waals surface area (Å²) in [5, 5.41) is 4.76. The largest absolute Gasteiger partial charge is 0.388 e. The molecule has 0 radical (unpaired) electrons. The number of Topliss-reactive ketones (excluding diaryl/α,β-unsaturated/α-hetero) is 1. The van der Waals surface area contributed by atoms with Crippen LogP contribution in [0.2, 0.25) is 0 Å². The minimum absolute atomic E-state index is 0.193. The van der Waals surface area contributed by atoms with Crippen molar-refractivity contribution in [2.75, 3.05) is 6.54 Å². The first kappa shape index (κ1) is 15.7. The van der Waals surface area contributed by atoms with E-state index in [2.05, 4.69) is 52.9 Å². The first-order valence-electron chi connectivity index (χ1n) is 8.86. The molecule has 1 heterocycles. The number of aromatic nitrogens is 1. The minimum Gasteiger partial charge on any atom is -0.388 e. The Balaban J connectivity index is 1.43. The molecule has 1 aromatic heterocycles. The summed E-state index contributed by atoms with van der Waals surface area (Å²) < 4.78 is 0. The van der Waals surface area contributed by atoms with E-state index in [1.807, 2.05) is 24.3 Å². The van der Waals surface area contributed by atoms with Crippen molar-refractivity contribution in [2.45, 2.75) is 25.2 Å². The van der Waals surface area contributed by atoms with Crippen LogP contribution in [0.25, 0.3) is 10.9 Å². The van der Waals surface area contributed by atoms with Gasteiger partial charge in [0, 0.05) is 48.1 Å². The van der Waals surface area contributed by atoms with Gasteiger partial charge in [-0.25, -0.2) is 0 Å². The van der Waals surface area contributed by atoms with Crippen LogP contribution < -0.4 is 5.32 Å². The summed E-state index contributed by atoms with van der Waals surface area (Å²) in [5.41, 5.74) is 4.76. The van der Waals surface area contributed by atoms with Crippen molar-refractivity contribution >= 4 is 16.7 Å². The van der Waals surface area contributed by atoms with Gasteiger partial charge in [0.25, 0.3) is 0 Å².